The van der Waals surface area contributed by atoms with Gasteiger partial charge in [0.1, 0.15) is 10.7 Å². The maximum absolute atomic E-state index is 13.7. The lowest BCUT2D eigenvalue weighted by molar-refractivity contribution is 0.598. The van der Waals surface area contributed by atoms with Crippen LogP contribution in [0.2, 0.25) is 10.0 Å². The minimum Gasteiger partial charge on any atom is -0.396 e. The van der Waals surface area contributed by atoms with E-state index in [-0.39, 0.29) is 30.8 Å². The predicted octanol–water partition coefficient (Wildman–Crippen LogP) is 4.28. The Kier molecular flexibility index (Phi) is 4.67. The molecule has 0 aliphatic carbocycles. The Morgan fingerprint density at radius 2 is 1.86 bits per heavy atom. The van der Waals surface area contributed by atoms with Crippen LogP contribution in [0.5, 0.6) is 0 Å². The molecule has 21 heavy (non-hydrogen) atoms. The maximum Gasteiger partial charge on any atom is 0.263 e. The second-order valence-corrected chi connectivity index (χ2v) is 7.27. The van der Waals surface area contributed by atoms with Crippen molar-refractivity contribution in [3.8, 4) is 0 Å². The van der Waals surface area contributed by atoms with Gasteiger partial charge < -0.3 is 5.73 Å². The first-order valence-electron chi connectivity index (χ1n) is 5.44. The number of hydrogen-bond acceptors (Lipinski definition) is 3. The van der Waals surface area contributed by atoms with E-state index in [1.54, 1.807) is 0 Å². The van der Waals surface area contributed by atoms with Gasteiger partial charge in [-0.05, 0) is 40.2 Å². The van der Waals surface area contributed by atoms with Gasteiger partial charge in [-0.3, -0.25) is 4.72 Å². The zero-order valence-electron chi connectivity index (χ0n) is 10.2. The van der Waals surface area contributed by atoms with Crippen LogP contribution in [-0.4, -0.2) is 8.42 Å². The van der Waals surface area contributed by atoms with Gasteiger partial charge in [0.2, 0.25) is 0 Å². The van der Waals surface area contributed by atoms with Gasteiger partial charge in [-0.2, -0.15) is 0 Å². The Labute approximate surface area is 139 Å². The first-order chi connectivity index (χ1) is 9.74. The Morgan fingerprint density at radius 3 is 2.48 bits per heavy atom. The number of benzene rings is 2. The molecule has 0 spiro atoms. The molecular formula is C12H8BrCl2FN2O2S. The maximum atomic E-state index is 13.7. The van der Waals surface area contributed by atoms with Crippen LogP contribution in [0.3, 0.4) is 0 Å². The molecule has 0 saturated carbocycles. The number of anilines is 2. The SMILES string of the molecule is Nc1c(Cl)ccc(S(=O)(=O)Nc2c(F)cccc2Br)c1Cl. The fourth-order valence-electron chi connectivity index (χ4n) is 1.54. The predicted molar refractivity (Wildman–Crippen MR) is 85.8 cm³/mol. The summed E-state index contributed by atoms with van der Waals surface area (Å²) in [5.74, 6) is -0.731. The van der Waals surface area contributed by atoms with Crippen molar-refractivity contribution < 1.29 is 12.8 Å². The van der Waals surface area contributed by atoms with Crippen LogP contribution in [0.25, 0.3) is 0 Å². The summed E-state index contributed by atoms with van der Waals surface area (Å²) in [6.07, 6.45) is 0. The molecule has 3 N–H and O–H groups in total. The highest BCUT2D eigenvalue weighted by Crippen LogP contribution is 2.35. The molecule has 0 saturated heterocycles. The van der Waals surface area contributed by atoms with Crippen LogP contribution >= 0.6 is 39.1 Å². The van der Waals surface area contributed by atoms with E-state index in [4.69, 9.17) is 28.9 Å². The summed E-state index contributed by atoms with van der Waals surface area (Å²) in [4.78, 5) is -0.291. The van der Waals surface area contributed by atoms with Crippen molar-refractivity contribution in [2.24, 2.45) is 0 Å². The van der Waals surface area contributed by atoms with Gasteiger partial charge in [0.05, 0.1) is 21.4 Å². The fourth-order valence-corrected chi connectivity index (χ4v) is 3.97. The van der Waals surface area contributed by atoms with Crippen molar-refractivity contribution in [3.63, 3.8) is 0 Å². The molecule has 0 atom stereocenters. The normalized spacial score (nSPS) is 11.4. The van der Waals surface area contributed by atoms with Crippen LogP contribution in [-0.2, 0) is 10.0 Å². The van der Waals surface area contributed by atoms with Crippen molar-refractivity contribution in [1.82, 2.24) is 0 Å². The van der Waals surface area contributed by atoms with Crippen molar-refractivity contribution in [2.45, 2.75) is 4.90 Å². The van der Waals surface area contributed by atoms with E-state index in [0.29, 0.717) is 0 Å². The standard InChI is InChI=1S/C12H8BrCl2FN2O2S/c13-6-2-1-3-8(16)12(6)18-21(19,20)9-5-4-7(14)11(17)10(9)15/h1-5,18H,17H2. The summed E-state index contributed by atoms with van der Waals surface area (Å²) in [7, 11) is -4.12. The number of para-hydroxylation sites is 1. The molecule has 0 radical (unpaired) electrons. The van der Waals surface area contributed by atoms with E-state index < -0.39 is 15.8 Å². The highest BCUT2D eigenvalue weighted by atomic mass is 79.9. The molecule has 2 aromatic carbocycles. The minimum atomic E-state index is -4.12. The first kappa shape index (κ1) is 16.4. The number of nitrogen functional groups attached to an aromatic ring is 1. The summed E-state index contributed by atoms with van der Waals surface area (Å²) >= 11 is 14.7. The molecular weight excluding hydrogens is 406 g/mol. The Morgan fingerprint density at radius 1 is 1.19 bits per heavy atom. The van der Waals surface area contributed by atoms with Crippen molar-refractivity contribution >= 4 is 60.5 Å². The molecule has 0 aliphatic heterocycles. The van der Waals surface area contributed by atoms with Gasteiger partial charge in [-0.1, -0.05) is 29.3 Å². The van der Waals surface area contributed by atoms with Crippen LogP contribution in [0.15, 0.2) is 39.7 Å². The average molecular weight is 414 g/mol. The monoisotopic (exact) mass is 412 g/mol. The third kappa shape index (κ3) is 3.26. The molecule has 0 fully saturated rings. The quantitative estimate of drug-likeness (QED) is 0.737. The van der Waals surface area contributed by atoms with Crippen molar-refractivity contribution in [1.29, 1.82) is 0 Å². The summed E-state index contributed by atoms with van der Waals surface area (Å²) in [5, 5.41) is -0.0894. The summed E-state index contributed by atoms with van der Waals surface area (Å²) in [5.41, 5.74) is 5.31. The molecule has 0 bridgehead atoms. The summed E-state index contributed by atoms with van der Waals surface area (Å²) in [6, 6.07) is 6.55. The second kappa shape index (κ2) is 6.00. The van der Waals surface area contributed by atoms with E-state index in [1.165, 1.54) is 24.3 Å². The van der Waals surface area contributed by atoms with Crippen molar-refractivity contribution in [3.05, 3.63) is 50.7 Å². The Balaban J connectivity index is 2.52. The van der Waals surface area contributed by atoms with Gasteiger partial charge in [0, 0.05) is 4.47 Å². The molecule has 9 heteroatoms. The molecule has 0 unspecified atom stereocenters. The number of nitrogens with one attached hydrogen (secondary N) is 1. The molecule has 112 valence electrons. The Hall–Kier alpha value is -1.02. The molecule has 0 aliphatic rings. The molecule has 4 nitrogen and oxygen atoms in total. The van der Waals surface area contributed by atoms with Crippen LogP contribution in [0.4, 0.5) is 15.8 Å². The number of hydrogen-bond donors (Lipinski definition) is 2. The highest BCUT2D eigenvalue weighted by molar-refractivity contribution is 9.10. The molecule has 2 aromatic rings. The van der Waals surface area contributed by atoms with E-state index in [0.717, 1.165) is 6.07 Å². The highest BCUT2D eigenvalue weighted by Gasteiger charge is 2.23. The number of halogens is 4. The fraction of sp³-hybridized carbons (Fsp3) is 0. The lowest BCUT2D eigenvalue weighted by atomic mass is 10.3. The Bertz CT molecular complexity index is 795. The lowest BCUT2D eigenvalue weighted by Crippen LogP contribution is -2.15. The van der Waals surface area contributed by atoms with E-state index in [9.17, 15) is 12.8 Å². The second-order valence-electron chi connectivity index (χ2n) is 3.98. The zero-order valence-corrected chi connectivity index (χ0v) is 14.1. The van der Waals surface area contributed by atoms with Crippen LogP contribution < -0.4 is 10.5 Å². The minimum absolute atomic E-state index is 0.0613. The molecule has 0 amide bonds. The van der Waals surface area contributed by atoms with Crippen molar-refractivity contribution in [2.75, 3.05) is 10.5 Å². The van der Waals surface area contributed by atoms with Crippen LogP contribution in [0.1, 0.15) is 0 Å². The summed E-state index contributed by atoms with van der Waals surface area (Å²) in [6.45, 7) is 0. The van der Waals surface area contributed by atoms with Gasteiger partial charge in [-0.25, -0.2) is 12.8 Å². The topological polar surface area (TPSA) is 72.2 Å². The largest absolute Gasteiger partial charge is 0.396 e. The average Bonchev–Trinajstić information content (AvgIpc) is 2.40. The van der Waals surface area contributed by atoms with Gasteiger partial charge >= 0.3 is 0 Å². The van der Waals surface area contributed by atoms with E-state index in [1.807, 2.05) is 0 Å². The number of nitrogens with two attached hydrogens (primary N) is 1. The van der Waals surface area contributed by atoms with Gasteiger partial charge in [0.25, 0.3) is 10.0 Å². The third-order valence-electron chi connectivity index (χ3n) is 2.58. The third-order valence-corrected chi connectivity index (χ3v) is 5.48. The zero-order chi connectivity index (χ0) is 15.8. The van der Waals surface area contributed by atoms with E-state index >= 15 is 0 Å². The smallest absolute Gasteiger partial charge is 0.263 e. The number of sulfonamides is 1. The van der Waals surface area contributed by atoms with Gasteiger partial charge in [-0.15, -0.1) is 0 Å². The molecule has 0 heterocycles. The first-order valence-corrected chi connectivity index (χ1v) is 8.47. The van der Waals surface area contributed by atoms with Gasteiger partial charge in [0.15, 0.2) is 0 Å². The molecule has 2 rings (SSSR count). The lowest BCUT2D eigenvalue weighted by Gasteiger charge is -2.13. The van der Waals surface area contributed by atoms with Crippen LogP contribution in [0, 0.1) is 5.82 Å². The van der Waals surface area contributed by atoms with E-state index in [2.05, 4.69) is 20.7 Å². The molecule has 0 aromatic heterocycles. The number of rotatable bonds is 3. The summed E-state index contributed by atoms with van der Waals surface area (Å²) < 4.78 is 40.7.